The molecule has 0 fully saturated rings. The van der Waals surface area contributed by atoms with Gasteiger partial charge in [-0.05, 0) is 26.0 Å². The first kappa shape index (κ1) is 10.6. The van der Waals surface area contributed by atoms with Crippen LogP contribution in [0.3, 0.4) is 0 Å². The highest BCUT2D eigenvalue weighted by Gasteiger charge is 2.38. The van der Waals surface area contributed by atoms with Crippen LogP contribution in [-0.4, -0.2) is 10.5 Å². The van der Waals surface area contributed by atoms with E-state index in [1.165, 1.54) is 11.8 Å². The SMILES string of the molecule is CC1(C)SCc2c(F)ccc(F)c2C1=O. The highest BCUT2D eigenvalue weighted by Crippen LogP contribution is 2.39. The fraction of sp³-hybridized carbons (Fsp3) is 0.364. The van der Waals surface area contributed by atoms with E-state index in [9.17, 15) is 13.6 Å². The van der Waals surface area contributed by atoms with Crippen LogP contribution < -0.4 is 0 Å². The van der Waals surface area contributed by atoms with Crippen LogP contribution in [0.15, 0.2) is 12.1 Å². The van der Waals surface area contributed by atoms with Crippen molar-refractivity contribution >= 4 is 17.5 Å². The summed E-state index contributed by atoms with van der Waals surface area (Å²) in [7, 11) is 0. The average Bonchev–Trinajstić information content (AvgIpc) is 2.16. The molecule has 0 N–H and O–H groups in total. The third-order valence-corrected chi connectivity index (χ3v) is 3.90. The summed E-state index contributed by atoms with van der Waals surface area (Å²) < 4.78 is 26.1. The monoisotopic (exact) mass is 228 g/mol. The van der Waals surface area contributed by atoms with Gasteiger partial charge in [-0.1, -0.05) is 0 Å². The topological polar surface area (TPSA) is 17.1 Å². The van der Waals surface area contributed by atoms with Crippen LogP contribution in [0.4, 0.5) is 8.78 Å². The molecule has 1 heterocycles. The Morgan fingerprint density at radius 1 is 1.27 bits per heavy atom. The van der Waals surface area contributed by atoms with Gasteiger partial charge in [-0.15, -0.1) is 11.8 Å². The van der Waals surface area contributed by atoms with E-state index < -0.39 is 16.4 Å². The molecule has 1 aliphatic heterocycles. The molecule has 1 aliphatic rings. The van der Waals surface area contributed by atoms with Crippen molar-refractivity contribution < 1.29 is 13.6 Å². The molecule has 0 amide bonds. The van der Waals surface area contributed by atoms with Crippen molar-refractivity contribution in [2.24, 2.45) is 0 Å². The number of ketones is 1. The van der Waals surface area contributed by atoms with Gasteiger partial charge in [-0.3, -0.25) is 4.79 Å². The van der Waals surface area contributed by atoms with Gasteiger partial charge < -0.3 is 0 Å². The predicted octanol–water partition coefficient (Wildman–Crippen LogP) is 3.17. The number of benzene rings is 1. The Morgan fingerprint density at radius 2 is 1.87 bits per heavy atom. The molecule has 0 saturated heterocycles. The van der Waals surface area contributed by atoms with Gasteiger partial charge in [0.25, 0.3) is 0 Å². The summed E-state index contributed by atoms with van der Waals surface area (Å²) in [5.41, 5.74) is 0.128. The summed E-state index contributed by atoms with van der Waals surface area (Å²) in [6, 6.07) is 2.08. The molecule has 2 rings (SSSR count). The minimum Gasteiger partial charge on any atom is -0.292 e. The molecule has 0 spiro atoms. The molecular weight excluding hydrogens is 218 g/mol. The maximum Gasteiger partial charge on any atom is 0.181 e. The van der Waals surface area contributed by atoms with Crippen molar-refractivity contribution in [2.45, 2.75) is 24.3 Å². The van der Waals surface area contributed by atoms with Gasteiger partial charge in [0.2, 0.25) is 0 Å². The molecule has 0 radical (unpaired) electrons. The fourth-order valence-electron chi connectivity index (χ4n) is 1.60. The van der Waals surface area contributed by atoms with Crippen LogP contribution in [0.25, 0.3) is 0 Å². The van der Waals surface area contributed by atoms with E-state index >= 15 is 0 Å². The number of thioether (sulfide) groups is 1. The predicted molar refractivity (Wildman–Crippen MR) is 56.1 cm³/mol. The van der Waals surface area contributed by atoms with Crippen LogP contribution in [-0.2, 0) is 5.75 Å². The Labute approximate surface area is 90.9 Å². The van der Waals surface area contributed by atoms with Crippen LogP contribution in [0.1, 0.15) is 29.8 Å². The van der Waals surface area contributed by atoms with Crippen LogP contribution in [0.2, 0.25) is 0 Å². The molecule has 80 valence electrons. The summed E-state index contributed by atoms with van der Waals surface area (Å²) in [6.45, 7) is 3.46. The summed E-state index contributed by atoms with van der Waals surface area (Å²) in [5, 5.41) is 0. The fourth-order valence-corrected chi connectivity index (χ4v) is 2.62. The number of carbonyl (C=O) groups is 1. The van der Waals surface area contributed by atoms with E-state index in [0.29, 0.717) is 5.75 Å². The molecule has 0 atom stereocenters. The van der Waals surface area contributed by atoms with Crippen LogP contribution in [0.5, 0.6) is 0 Å². The number of carbonyl (C=O) groups excluding carboxylic acids is 1. The zero-order chi connectivity index (χ0) is 11.2. The number of hydrogen-bond donors (Lipinski definition) is 0. The highest BCUT2D eigenvalue weighted by molar-refractivity contribution is 8.00. The van der Waals surface area contributed by atoms with Crippen molar-refractivity contribution in [3.05, 3.63) is 34.9 Å². The molecule has 0 unspecified atom stereocenters. The molecule has 0 saturated carbocycles. The highest BCUT2D eigenvalue weighted by atomic mass is 32.2. The molecule has 0 bridgehead atoms. The van der Waals surface area contributed by atoms with Gasteiger partial charge >= 0.3 is 0 Å². The quantitative estimate of drug-likeness (QED) is 0.678. The summed E-state index contributed by atoms with van der Waals surface area (Å²) >= 11 is 1.34. The molecule has 0 aromatic heterocycles. The van der Waals surface area contributed by atoms with Gasteiger partial charge in [0.15, 0.2) is 5.78 Å². The smallest absolute Gasteiger partial charge is 0.181 e. The Balaban J connectivity index is 2.66. The van der Waals surface area contributed by atoms with E-state index in [1.54, 1.807) is 13.8 Å². The maximum atomic E-state index is 13.4. The number of Topliss-reactive ketones (excluding diaryl/α,β-unsaturated/α-hetero) is 1. The van der Waals surface area contributed by atoms with Crippen LogP contribution in [0, 0.1) is 11.6 Å². The summed E-state index contributed by atoms with van der Waals surface area (Å²) in [4.78, 5) is 11.9. The second-order valence-electron chi connectivity index (χ2n) is 4.01. The van der Waals surface area contributed by atoms with Crippen molar-refractivity contribution in [3.63, 3.8) is 0 Å². The lowest BCUT2D eigenvalue weighted by Crippen LogP contribution is -2.33. The standard InChI is InChI=1S/C11H10F2OS/c1-11(2)10(14)9-6(5-15-11)7(12)3-4-8(9)13/h3-4H,5H2,1-2H3. The van der Waals surface area contributed by atoms with E-state index in [1.807, 2.05) is 0 Å². The molecule has 15 heavy (non-hydrogen) atoms. The Kier molecular flexibility index (Phi) is 2.34. The lowest BCUT2D eigenvalue weighted by Gasteiger charge is -2.29. The number of fused-ring (bicyclic) bond motifs is 1. The van der Waals surface area contributed by atoms with Crippen molar-refractivity contribution in [1.29, 1.82) is 0 Å². The minimum absolute atomic E-state index is 0.0706. The maximum absolute atomic E-state index is 13.4. The number of hydrogen-bond acceptors (Lipinski definition) is 2. The molecule has 1 aromatic carbocycles. The van der Waals surface area contributed by atoms with Crippen molar-refractivity contribution in [2.75, 3.05) is 0 Å². The average molecular weight is 228 g/mol. The van der Waals surface area contributed by atoms with E-state index in [2.05, 4.69) is 0 Å². The first-order valence-corrected chi connectivity index (χ1v) is 5.57. The third-order valence-electron chi connectivity index (χ3n) is 2.56. The van der Waals surface area contributed by atoms with Gasteiger partial charge in [0.1, 0.15) is 11.6 Å². The molecule has 0 aliphatic carbocycles. The largest absolute Gasteiger partial charge is 0.292 e. The lowest BCUT2D eigenvalue weighted by atomic mass is 9.95. The van der Waals surface area contributed by atoms with E-state index in [-0.39, 0.29) is 16.9 Å². The van der Waals surface area contributed by atoms with E-state index in [0.717, 1.165) is 12.1 Å². The number of halogens is 2. The molecule has 4 heteroatoms. The van der Waals surface area contributed by atoms with Gasteiger partial charge in [0, 0.05) is 11.3 Å². The first-order valence-electron chi connectivity index (χ1n) is 4.59. The Hall–Kier alpha value is -0.900. The zero-order valence-corrected chi connectivity index (χ0v) is 9.25. The summed E-state index contributed by atoms with van der Waals surface area (Å²) in [5.74, 6) is -1.10. The second kappa shape index (κ2) is 3.30. The Morgan fingerprint density at radius 3 is 2.53 bits per heavy atom. The van der Waals surface area contributed by atoms with E-state index in [4.69, 9.17) is 0 Å². The van der Waals surface area contributed by atoms with Gasteiger partial charge in [-0.25, -0.2) is 8.78 Å². The normalized spacial score (nSPS) is 18.8. The Bertz CT molecular complexity index is 440. The lowest BCUT2D eigenvalue weighted by molar-refractivity contribution is 0.0950. The second-order valence-corrected chi connectivity index (χ2v) is 5.61. The summed E-state index contributed by atoms with van der Waals surface area (Å²) in [6.07, 6.45) is 0. The molecule has 1 aromatic rings. The zero-order valence-electron chi connectivity index (χ0n) is 8.43. The van der Waals surface area contributed by atoms with Crippen molar-refractivity contribution in [3.8, 4) is 0 Å². The van der Waals surface area contributed by atoms with Gasteiger partial charge in [-0.2, -0.15) is 0 Å². The number of rotatable bonds is 0. The third kappa shape index (κ3) is 1.57. The van der Waals surface area contributed by atoms with Crippen molar-refractivity contribution in [1.82, 2.24) is 0 Å². The minimum atomic E-state index is -0.665. The first-order chi connectivity index (χ1) is 6.93. The van der Waals surface area contributed by atoms with Gasteiger partial charge in [0.05, 0.1) is 10.3 Å². The molecular formula is C11H10F2OS. The molecule has 1 nitrogen and oxygen atoms in total. The van der Waals surface area contributed by atoms with Crippen LogP contribution >= 0.6 is 11.8 Å².